The van der Waals surface area contributed by atoms with Crippen molar-refractivity contribution >= 4 is 11.6 Å². The van der Waals surface area contributed by atoms with Crippen LogP contribution in [-0.2, 0) is 4.87 Å². The van der Waals surface area contributed by atoms with Gasteiger partial charge in [0.2, 0.25) is 0 Å². The molecule has 0 spiro atoms. The van der Waals surface area contributed by atoms with E-state index >= 15 is 0 Å². The predicted molar refractivity (Wildman–Crippen MR) is 97.2 cm³/mol. The van der Waals surface area contributed by atoms with Gasteiger partial charge in [0.1, 0.15) is 16.4 Å². The summed E-state index contributed by atoms with van der Waals surface area (Å²) in [4.78, 5) is -0.842. The minimum Gasteiger partial charge on any atom is -0.496 e. The standard InChI is InChI=1S/C21H17ClO2/c1-23-18-12-7-13-19(24-2)20(18)21(22)16-10-5-3-8-14(16)15-9-4-6-11-17(15)21/h3-13H,1-2H3. The Bertz CT molecular complexity index is 849. The summed E-state index contributed by atoms with van der Waals surface area (Å²) in [6.07, 6.45) is 0. The Balaban J connectivity index is 2.12. The first-order valence-corrected chi connectivity index (χ1v) is 8.19. The van der Waals surface area contributed by atoms with Gasteiger partial charge < -0.3 is 9.47 Å². The zero-order chi connectivity index (χ0) is 16.7. The summed E-state index contributed by atoms with van der Waals surface area (Å²) in [5.41, 5.74) is 5.24. The van der Waals surface area contributed by atoms with Crippen LogP contribution in [0, 0.1) is 0 Å². The molecule has 0 amide bonds. The van der Waals surface area contributed by atoms with Gasteiger partial charge in [0.05, 0.1) is 19.8 Å². The molecule has 0 aromatic heterocycles. The van der Waals surface area contributed by atoms with Crippen LogP contribution in [0.15, 0.2) is 66.7 Å². The van der Waals surface area contributed by atoms with Crippen LogP contribution in [0.5, 0.6) is 11.5 Å². The molecule has 0 unspecified atom stereocenters. The van der Waals surface area contributed by atoms with Crippen molar-refractivity contribution < 1.29 is 9.47 Å². The van der Waals surface area contributed by atoms with Crippen molar-refractivity contribution in [3.8, 4) is 22.6 Å². The number of ether oxygens (including phenoxy) is 2. The highest BCUT2D eigenvalue weighted by molar-refractivity contribution is 6.31. The Morgan fingerprint density at radius 2 is 1.12 bits per heavy atom. The monoisotopic (exact) mass is 336 g/mol. The highest BCUT2D eigenvalue weighted by atomic mass is 35.5. The van der Waals surface area contributed by atoms with E-state index in [2.05, 4.69) is 24.3 Å². The topological polar surface area (TPSA) is 18.5 Å². The molecule has 120 valence electrons. The van der Waals surface area contributed by atoms with Crippen LogP contribution in [-0.4, -0.2) is 14.2 Å². The molecule has 3 aromatic rings. The summed E-state index contributed by atoms with van der Waals surface area (Å²) >= 11 is 7.36. The lowest BCUT2D eigenvalue weighted by Gasteiger charge is -2.28. The zero-order valence-electron chi connectivity index (χ0n) is 13.5. The van der Waals surface area contributed by atoms with Crippen LogP contribution >= 0.6 is 11.6 Å². The molecule has 0 bridgehead atoms. The summed E-state index contributed by atoms with van der Waals surface area (Å²) in [6, 6.07) is 22.2. The molecule has 3 aromatic carbocycles. The van der Waals surface area contributed by atoms with E-state index in [9.17, 15) is 0 Å². The second-order valence-corrected chi connectivity index (χ2v) is 6.35. The molecule has 2 nitrogen and oxygen atoms in total. The first-order valence-electron chi connectivity index (χ1n) is 7.81. The number of methoxy groups -OCH3 is 2. The average Bonchev–Trinajstić information content (AvgIpc) is 2.91. The number of hydrogen-bond donors (Lipinski definition) is 0. The summed E-state index contributed by atoms with van der Waals surface area (Å²) in [6.45, 7) is 0. The molecular formula is C21H17ClO2. The Labute approximate surface area is 146 Å². The minimum absolute atomic E-state index is 0.718. The first kappa shape index (κ1) is 15.1. The highest BCUT2D eigenvalue weighted by Crippen LogP contribution is 2.58. The van der Waals surface area contributed by atoms with Crippen molar-refractivity contribution in [1.29, 1.82) is 0 Å². The lowest BCUT2D eigenvalue weighted by Crippen LogP contribution is -2.21. The van der Waals surface area contributed by atoms with Crippen molar-refractivity contribution in [2.75, 3.05) is 14.2 Å². The van der Waals surface area contributed by atoms with Crippen molar-refractivity contribution in [3.05, 3.63) is 83.4 Å². The fraction of sp³-hybridized carbons (Fsp3) is 0.143. The minimum atomic E-state index is -0.842. The van der Waals surface area contributed by atoms with Gasteiger partial charge >= 0.3 is 0 Å². The summed E-state index contributed by atoms with van der Waals surface area (Å²) in [7, 11) is 3.32. The molecule has 3 heteroatoms. The van der Waals surface area contributed by atoms with E-state index in [4.69, 9.17) is 21.1 Å². The van der Waals surface area contributed by atoms with Gasteiger partial charge in [-0.15, -0.1) is 11.6 Å². The molecular weight excluding hydrogens is 320 g/mol. The smallest absolute Gasteiger partial charge is 0.128 e. The van der Waals surface area contributed by atoms with Crippen LogP contribution in [0.2, 0.25) is 0 Å². The van der Waals surface area contributed by atoms with Gasteiger partial charge in [-0.25, -0.2) is 0 Å². The van der Waals surface area contributed by atoms with Gasteiger partial charge in [0.25, 0.3) is 0 Å². The van der Waals surface area contributed by atoms with Crippen LogP contribution < -0.4 is 9.47 Å². The number of hydrogen-bond acceptors (Lipinski definition) is 2. The molecule has 0 N–H and O–H groups in total. The molecule has 1 aliphatic rings. The average molecular weight is 337 g/mol. The third-order valence-corrected chi connectivity index (χ3v) is 5.26. The van der Waals surface area contributed by atoms with E-state index in [1.54, 1.807) is 14.2 Å². The maximum Gasteiger partial charge on any atom is 0.128 e. The maximum atomic E-state index is 7.36. The van der Waals surface area contributed by atoms with Gasteiger partial charge in [-0.2, -0.15) is 0 Å². The Kier molecular flexibility index (Phi) is 3.50. The van der Waals surface area contributed by atoms with E-state index in [1.165, 1.54) is 0 Å². The number of halogens is 1. The SMILES string of the molecule is COc1cccc(OC)c1C1(Cl)c2ccccc2-c2ccccc21. The number of rotatable bonds is 3. The quantitative estimate of drug-likeness (QED) is 0.611. The number of benzene rings is 3. The normalized spacial score (nSPS) is 14.0. The lowest BCUT2D eigenvalue weighted by atomic mass is 9.87. The molecule has 4 rings (SSSR count). The molecule has 0 fully saturated rings. The second-order valence-electron chi connectivity index (χ2n) is 5.79. The third-order valence-electron chi connectivity index (χ3n) is 4.66. The second kappa shape index (κ2) is 5.57. The van der Waals surface area contributed by atoms with Crippen LogP contribution in [0.25, 0.3) is 11.1 Å². The number of fused-ring (bicyclic) bond motifs is 3. The summed E-state index contributed by atoms with van der Waals surface area (Å²) in [5.74, 6) is 1.44. The molecule has 0 heterocycles. The largest absolute Gasteiger partial charge is 0.496 e. The van der Waals surface area contributed by atoms with Crippen molar-refractivity contribution in [1.82, 2.24) is 0 Å². The maximum absolute atomic E-state index is 7.36. The van der Waals surface area contributed by atoms with Gasteiger partial charge in [-0.3, -0.25) is 0 Å². The predicted octanol–water partition coefficient (Wildman–Crippen LogP) is 5.21. The van der Waals surface area contributed by atoms with Gasteiger partial charge in [0, 0.05) is 0 Å². The van der Waals surface area contributed by atoms with E-state index in [0.717, 1.165) is 39.3 Å². The molecule has 0 radical (unpaired) electrons. The van der Waals surface area contributed by atoms with E-state index in [0.29, 0.717) is 0 Å². The van der Waals surface area contributed by atoms with Crippen molar-refractivity contribution in [2.45, 2.75) is 4.87 Å². The summed E-state index contributed by atoms with van der Waals surface area (Å²) < 4.78 is 11.3. The molecule has 1 aliphatic carbocycles. The fourth-order valence-electron chi connectivity index (χ4n) is 3.64. The van der Waals surface area contributed by atoms with Crippen molar-refractivity contribution in [2.24, 2.45) is 0 Å². The highest BCUT2D eigenvalue weighted by Gasteiger charge is 2.46. The van der Waals surface area contributed by atoms with Crippen LogP contribution in [0.1, 0.15) is 16.7 Å². The zero-order valence-corrected chi connectivity index (χ0v) is 14.3. The fourth-order valence-corrected chi connectivity index (χ4v) is 4.16. The molecule has 0 atom stereocenters. The van der Waals surface area contributed by atoms with Gasteiger partial charge in [0.15, 0.2) is 0 Å². The lowest BCUT2D eigenvalue weighted by molar-refractivity contribution is 0.382. The van der Waals surface area contributed by atoms with Gasteiger partial charge in [-0.05, 0) is 34.4 Å². The molecule has 0 saturated carbocycles. The van der Waals surface area contributed by atoms with Gasteiger partial charge in [-0.1, -0.05) is 54.6 Å². The van der Waals surface area contributed by atoms with Crippen LogP contribution in [0.4, 0.5) is 0 Å². The van der Waals surface area contributed by atoms with Crippen molar-refractivity contribution in [3.63, 3.8) is 0 Å². The Morgan fingerprint density at radius 1 is 0.667 bits per heavy atom. The first-order chi connectivity index (χ1) is 11.7. The van der Waals surface area contributed by atoms with E-state index in [-0.39, 0.29) is 0 Å². The van der Waals surface area contributed by atoms with E-state index in [1.807, 2.05) is 42.5 Å². The molecule has 0 saturated heterocycles. The molecule has 0 aliphatic heterocycles. The Hall–Kier alpha value is -2.45. The third kappa shape index (κ3) is 1.90. The van der Waals surface area contributed by atoms with Crippen LogP contribution in [0.3, 0.4) is 0 Å². The Morgan fingerprint density at radius 3 is 1.58 bits per heavy atom. The summed E-state index contributed by atoms with van der Waals surface area (Å²) in [5, 5.41) is 0. The van der Waals surface area contributed by atoms with E-state index < -0.39 is 4.87 Å². The molecule has 24 heavy (non-hydrogen) atoms. The number of alkyl halides is 1.